The van der Waals surface area contributed by atoms with Gasteiger partial charge in [0.2, 0.25) is 0 Å². The van der Waals surface area contributed by atoms with Crippen molar-refractivity contribution in [3.8, 4) is 0 Å². The largest absolute Gasteiger partial charge is 0.315 e. The minimum Gasteiger partial charge on any atom is -0.315 e. The maximum atomic E-state index is 3.65. The SMILES string of the molecule is CCN(CC)C(CNCC1CC1)c1ccccc1. The van der Waals surface area contributed by atoms with Gasteiger partial charge < -0.3 is 5.32 Å². The summed E-state index contributed by atoms with van der Waals surface area (Å²) < 4.78 is 0. The lowest BCUT2D eigenvalue weighted by atomic mass is 10.1. The number of likely N-dealkylation sites (N-methyl/N-ethyl adjacent to an activating group) is 1. The van der Waals surface area contributed by atoms with Gasteiger partial charge in [-0.3, -0.25) is 4.90 Å². The van der Waals surface area contributed by atoms with Gasteiger partial charge in [-0.05, 0) is 44.0 Å². The zero-order chi connectivity index (χ0) is 12.8. The second kappa shape index (κ2) is 6.91. The second-order valence-corrected chi connectivity index (χ2v) is 5.25. The van der Waals surface area contributed by atoms with Crippen LogP contribution >= 0.6 is 0 Å². The van der Waals surface area contributed by atoms with Gasteiger partial charge in [-0.15, -0.1) is 0 Å². The minimum atomic E-state index is 0.514. The summed E-state index contributed by atoms with van der Waals surface area (Å²) in [6.07, 6.45) is 2.85. The molecule has 1 unspecified atom stereocenters. The Morgan fingerprint density at radius 1 is 1.17 bits per heavy atom. The number of hydrogen-bond donors (Lipinski definition) is 1. The highest BCUT2D eigenvalue weighted by Gasteiger charge is 2.22. The third kappa shape index (κ3) is 3.82. The highest BCUT2D eigenvalue weighted by Crippen LogP contribution is 2.28. The van der Waals surface area contributed by atoms with E-state index in [-0.39, 0.29) is 0 Å². The Kier molecular flexibility index (Phi) is 5.21. The molecule has 100 valence electrons. The fraction of sp³-hybridized carbons (Fsp3) is 0.625. The highest BCUT2D eigenvalue weighted by molar-refractivity contribution is 5.19. The molecule has 1 fully saturated rings. The minimum absolute atomic E-state index is 0.514. The molecular formula is C16H26N2. The molecule has 0 radical (unpaired) electrons. The summed E-state index contributed by atoms with van der Waals surface area (Å²) in [4.78, 5) is 2.54. The molecule has 1 atom stereocenters. The second-order valence-electron chi connectivity index (χ2n) is 5.25. The summed E-state index contributed by atoms with van der Waals surface area (Å²) >= 11 is 0. The molecule has 1 aliphatic carbocycles. The van der Waals surface area contributed by atoms with E-state index in [0.29, 0.717) is 6.04 Å². The Labute approximate surface area is 111 Å². The predicted octanol–water partition coefficient (Wildman–Crippen LogP) is 3.07. The smallest absolute Gasteiger partial charge is 0.0472 e. The van der Waals surface area contributed by atoms with Crippen LogP contribution in [-0.4, -0.2) is 31.1 Å². The lowest BCUT2D eigenvalue weighted by molar-refractivity contribution is 0.213. The molecule has 0 bridgehead atoms. The molecule has 0 aliphatic heterocycles. The summed E-state index contributed by atoms with van der Waals surface area (Å²) in [5.74, 6) is 0.957. The molecule has 0 saturated heterocycles. The topological polar surface area (TPSA) is 15.3 Å². The van der Waals surface area contributed by atoms with E-state index in [1.165, 1.54) is 24.9 Å². The Morgan fingerprint density at radius 2 is 1.83 bits per heavy atom. The van der Waals surface area contributed by atoms with Gasteiger partial charge >= 0.3 is 0 Å². The van der Waals surface area contributed by atoms with Gasteiger partial charge in [-0.1, -0.05) is 44.2 Å². The number of nitrogens with one attached hydrogen (secondary N) is 1. The average molecular weight is 246 g/mol. The monoisotopic (exact) mass is 246 g/mol. The Hall–Kier alpha value is -0.860. The van der Waals surface area contributed by atoms with Gasteiger partial charge in [-0.2, -0.15) is 0 Å². The lowest BCUT2D eigenvalue weighted by Crippen LogP contribution is -2.36. The van der Waals surface area contributed by atoms with Crippen molar-refractivity contribution < 1.29 is 0 Å². The third-order valence-electron chi connectivity index (χ3n) is 3.91. The first-order chi connectivity index (χ1) is 8.85. The van der Waals surface area contributed by atoms with Crippen LogP contribution in [0.2, 0.25) is 0 Å². The van der Waals surface area contributed by atoms with Crippen molar-refractivity contribution in [3.05, 3.63) is 35.9 Å². The molecule has 0 amide bonds. The van der Waals surface area contributed by atoms with Crippen molar-refractivity contribution in [2.45, 2.75) is 32.7 Å². The van der Waals surface area contributed by atoms with Crippen molar-refractivity contribution in [2.75, 3.05) is 26.2 Å². The third-order valence-corrected chi connectivity index (χ3v) is 3.91. The number of benzene rings is 1. The van der Waals surface area contributed by atoms with E-state index in [2.05, 4.69) is 54.4 Å². The highest BCUT2D eigenvalue weighted by atomic mass is 15.2. The first kappa shape index (κ1) is 13.6. The van der Waals surface area contributed by atoms with Crippen molar-refractivity contribution in [3.63, 3.8) is 0 Å². The quantitative estimate of drug-likeness (QED) is 0.758. The molecule has 1 aliphatic rings. The lowest BCUT2D eigenvalue weighted by Gasteiger charge is -2.30. The van der Waals surface area contributed by atoms with E-state index >= 15 is 0 Å². The zero-order valence-corrected chi connectivity index (χ0v) is 11.7. The summed E-state index contributed by atoms with van der Waals surface area (Å²) in [6.45, 7) is 9.00. The maximum Gasteiger partial charge on any atom is 0.0472 e. The van der Waals surface area contributed by atoms with Gasteiger partial charge in [0.25, 0.3) is 0 Å². The maximum absolute atomic E-state index is 3.65. The van der Waals surface area contributed by atoms with Crippen LogP contribution in [0.3, 0.4) is 0 Å². The number of nitrogens with zero attached hydrogens (tertiary/aromatic N) is 1. The van der Waals surface area contributed by atoms with E-state index in [1.807, 2.05) is 0 Å². The van der Waals surface area contributed by atoms with Crippen molar-refractivity contribution in [1.29, 1.82) is 0 Å². The van der Waals surface area contributed by atoms with Crippen LogP contribution in [-0.2, 0) is 0 Å². The van der Waals surface area contributed by atoms with Gasteiger partial charge in [0.05, 0.1) is 0 Å². The normalized spacial score (nSPS) is 17.1. The van der Waals surface area contributed by atoms with Gasteiger partial charge in [0, 0.05) is 12.6 Å². The standard InChI is InChI=1S/C16H26N2/c1-3-18(4-2)16(13-17-12-14-10-11-14)15-8-6-5-7-9-15/h5-9,14,16-17H,3-4,10-13H2,1-2H3. The van der Waals surface area contributed by atoms with Crippen LogP contribution in [0.25, 0.3) is 0 Å². The van der Waals surface area contributed by atoms with Crippen LogP contribution < -0.4 is 5.32 Å². The molecule has 1 aromatic carbocycles. The molecule has 0 spiro atoms. The van der Waals surface area contributed by atoms with Crippen LogP contribution in [0.4, 0.5) is 0 Å². The van der Waals surface area contributed by atoms with Gasteiger partial charge in [-0.25, -0.2) is 0 Å². The van der Waals surface area contributed by atoms with Gasteiger partial charge in [0.1, 0.15) is 0 Å². The van der Waals surface area contributed by atoms with Crippen LogP contribution in [0, 0.1) is 5.92 Å². The van der Waals surface area contributed by atoms with E-state index in [1.54, 1.807) is 0 Å². The van der Waals surface area contributed by atoms with Crippen molar-refractivity contribution >= 4 is 0 Å². The Balaban J connectivity index is 1.96. The summed E-state index contributed by atoms with van der Waals surface area (Å²) in [6, 6.07) is 11.4. The van der Waals surface area contributed by atoms with Gasteiger partial charge in [0.15, 0.2) is 0 Å². The fourth-order valence-corrected chi connectivity index (χ4v) is 2.54. The van der Waals surface area contributed by atoms with Crippen molar-refractivity contribution in [1.82, 2.24) is 10.2 Å². The molecule has 1 N–H and O–H groups in total. The van der Waals surface area contributed by atoms with E-state index in [0.717, 1.165) is 25.6 Å². The Morgan fingerprint density at radius 3 is 2.39 bits per heavy atom. The van der Waals surface area contributed by atoms with Crippen LogP contribution in [0.1, 0.15) is 38.3 Å². The molecule has 1 saturated carbocycles. The summed E-state index contributed by atoms with van der Waals surface area (Å²) in [7, 11) is 0. The van der Waals surface area contributed by atoms with E-state index in [9.17, 15) is 0 Å². The molecule has 0 aromatic heterocycles. The first-order valence-corrected chi connectivity index (χ1v) is 7.34. The molecule has 1 aromatic rings. The molecule has 0 heterocycles. The van der Waals surface area contributed by atoms with E-state index in [4.69, 9.17) is 0 Å². The molecular weight excluding hydrogens is 220 g/mol. The van der Waals surface area contributed by atoms with Crippen LogP contribution in [0.5, 0.6) is 0 Å². The molecule has 18 heavy (non-hydrogen) atoms. The molecule has 2 heteroatoms. The average Bonchev–Trinajstić information content (AvgIpc) is 3.23. The number of hydrogen-bond acceptors (Lipinski definition) is 2. The summed E-state index contributed by atoms with van der Waals surface area (Å²) in [5.41, 5.74) is 1.43. The van der Waals surface area contributed by atoms with Crippen molar-refractivity contribution in [2.24, 2.45) is 5.92 Å². The predicted molar refractivity (Wildman–Crippen MR) is 77.7 cm³/mol. The molecule has 2 rings (SSSR count). The zero-order valence-electron chi connectivity index (χ0n) is 11.7. The first-order valence-electron chi connectivity index (χ1n) is 7.34. The Bertz CT molecular complexity index is 328. The fourth-order valence-electron chi connectivity index (χ4n) is 2.54. The number of rotatable bonds is 8. The molecule has 2 nitrogen and oxygen atoms in total. The van der Waals surface area contributed by atoms with E-state index < -0.39 is 0 Å². The van der Waals surface area contributed by atoms with Crippen LogP contribution in [0.15, 0.2) is 30.3 Å². The summed E-state index contributed by atoms with van der Waals surface area (Å²) in [5, 5.41) is 3.65.